The highest BCUT2D eigenvalue weighted by atomic mass is 79.9. The molecule has 0 fully saturated rings. The van der Waals surface area contributed by atoms with E-state index >= 15 is 0 Å². The van der Waals surface area contributed by atoms with Gasteiger partial charge in [-0.1, -0.05) is 30.3 Å². The van der Waals surface area contributed by atoms with Crippen LogP contribution in [0.1, 0.15) is 11.6 Å². The Balaban J connectivity index is 2.31. The largest absolute Gasteiger partial charge is 0.412 e. The zero-order chi connectivity index (χ0) is 14.8. The molecule has 0 aromatic heterocycles. The summed E-state index contributed by atoms with van der Waals surface area (Å²) < 4.78 is 52.9. The first kappa shape index (κ1) is 14.8. The lowest BCUT2D eigenvalue weighted by atomic mass is 10.1. The van der Waals surface area contributed by atoms with Crippen molar-refractivity contribution in [2.75, 3.05) is 5.32 Å². The Bertz CT molecular complexity index is 583. The average molecular weight is 348 g/mol. The van der Waals surface area contributed by atoms with Crippen molar-refractivity contribution in [1.82, 2.24) is 0 Å². The molecule has 0 saturated heterocycles. The summed E-state index contributed by atoms with van der Waals surface area (Å²) in [6, 6.07) is 9.31. The van der Waals surface area contributed by atoms with Gasteiger partial charge in [-0.3, -0.25) is 0 Å². The Morgan fingerprint density at radius 1 is 1.00 bits per heavy atom. The third kappa shape index (κ3) is 3.50. The molecule has 0 aliphatic carbocycles. The SMILES string of the molecule is Fc1cc(NC(c2ccccc2)C(F)(F)F)ccc1Br. The van der Waals surface area contributed by atoms with Crippen LogP contribution in [0.2, 0.25) is 0 Å². The normalized spacial score (nSPS) is 13.1. The molecule has 1 N–H and O–H groups in total. The zero-order valence-corrected chi connectivity index (χ0v) is 11.7. The van der Waals surface area contributed by atoms with Crippen molar-refractivity contribution in [2.24, 2.45) is 0 Å². The average Bonchev–Trinajstić information content (AvgIpc) is 2.39. The van der Waals surface area contributed by atoms with Crippen LogP contribution < -0.4 is 5.32 Å². The van der Waals surface area contributed by atoms with E-state index in [1.807, 2.05) is 0 Å². The van der Waals surface area contributed by atoms with E-state index in [0.717, 1.165) is 6.07 Å². The van der Waals surface area contributed by atoms with Crippen LogP contribution in [-0.2, 0) is 0 Å². The van der Waals surface area contributed by atoms with Crippen LogP contribution in [0.4, 0.5) is 23.2 Å². The van der Waals surface area contributed by atoms with Crippen LogP contribution in [0, 0.1) is 5.82 Å². The predicted octanol–water partition coefficient (Wildman–Crippen LogP) is 5.30. The summed E-state index contributed by atoms with van der Waals surface area (Å²) in [7, 11) is 0. The molecule has 0 aliphatic heterocycles. The van der Waals surface area contributed by atoms with Gasteiger partial charge in [-0.2, -0.15) is 13.2 Å². The molecule has 0 aliphatic rings. The molecule has 0 saturated carbocycles. The van der Waals surface area contributed by atoms with E-state index in [-0.39, 0.29) is 15.7 Å². The Morgan fingerprint density at radius 3 is 2.20 bits per heavy atom. The Hall–Kier alpha value is -1.56. The first-order valence-electron chi connectivity index (χ1n) is 5.71. The maximum absolute atomic E-state index is 13.4. The van der Waals surface area contributed by atoms with Crippen LogP contribution in [0.5, 0.6) is 0 Å². The van der Waals surface area contributed by atoms with E-state index in [4.69, 9.17) is 0 Å². The molecule has 0 bridgehead atoms. The molecule has 2 rings (SSSR count). The van der Waals surface area contributed by atoms with Crippen molar-refractivity contribution >= 4 is 21.6 Å². The Morgan fingerprint density at radius 2 is 1.65 bits per heavy atom. The van der Waals surface area contributed by atoms with Gasteiger partial charge in [0.2, 0.25) is 0 Å². The van der Waals surface area contributed by atoms with Crippen molar-refractivity contribution in [3.8, 4) is 0 Å². The molecule has 0 amide bonds. The fourth-order valence-corrected chi connectivity index (χ4v) is 2.00. The van der Waals surface area contributed by atoms with Gasteiger partial charge < -0.3 is 5.32 Å². The lowest BCUT2D eigenvalue weighted by Crippen LogP contribution is -2.27. The lowest BCUT2D eigenvalue weighted by Gasteiger charge is -2.23. The molecule has 0 radical (unpaired) electrons. The second-order valence-electron chi connectivity index (χ2n) is 4.16. The molecule has 0 heterocycles. The van der Waals surface area contributed by atoms with Gasteiger partial charge in [-0.15, -0.1) is 0 Å². The van der Waals surface area contributed by atoms with Crippen molar-refractivity contribution in [3.63, 3.8) is 0 Å². The quantitative estimate of drug-likeness (QED) is 0.742. The fraction of sp³-hybridized carbons (Fsp3) is 0.143. The molecule has 2 aromatic rings. The molecular weight excluding hydrogens is 338 g/mol. The number of benzene rings is 2. The highest BCUT2D eigenvalue weighted by Gasteiger charge is 2.40. The molecule has 106 valence electrons. The smallest absolute Gasteiger partial charge is 0.370 e. The first-order valence-corrected chi connectivity index (χ1v) is 6.50. The van der Waals surface area contributed by atoms with E-state index in [1.165, 1.54) is 36.4 Å². The molecule has 1 nitrogen and oxygen atoms in total. The van der Waals surface area contributed by atoms with Crippen LogP contribution >= 0.6 is 15.9 Å². The van der Waals surface area contributed by atoms with E-state index in [0.29, 0.717) is 0 Å². The molecule has 0 spiro atoms. The van der Waals surface area contributed by atoms with E-state index < -0.39 is 18.0 Å². The lowest BCUT2D eigenvalue weighted by molar-refractivity contribution is -0.144. The highest BCUT2D eigenvalue weighted by molar-refractivity contribution is 9.10. The van der Waals surface area contributed by atoms with Crippen LogP contribution in [0.25, 0.3) is 0 Å². The van der Waals surface area contributed by atoms with Gasteiger partial charge in [0.1, 0.15) is 11.9 Å². The van der Waals surface area contributed by atoms with E-state index in [2.05, 4.69) is 21.2 Å². The van der Waals surface area contributed by atoms with Crippen molar-refractivity contribution in [1.29, 1.82) is 0 Å². The summed E-state index contributed by atoms with van der Waals surface area (Å²) in [6.07, 6.45) is -4.48. The van der Waals surface area contributed by atoms with E-state index in [9.17, 15) is 17.6 Å². The number of nitrogens with one attached hydrogen (secondary N) is 1. The molecular formula is C14H10BrF4N. The zero-order valence-electron chi connectivity index (χ0n) is 10.1. The maximum atomic E-state index is 13.4. The molecule has 1 atom stereocenters. The van der Waals surface area contributed by atoms with Crippen LogP contribution in [-0.4, -0.2) is 6.18 Å². The number of halogens is 5. The minimum absolute atomic E-state index is 0.0666. The Labute approximate surface area is 121 Å². The van der Waals surface area contributed by atoms with Gasteiger partial charge in [-0.25, -0.2) is 4.39 Å². The maximum Gasteiger partial charge on any atom is 0.412 e. The van der Waals surface area contributed by atoms with Crippen molar-refractivity contribution < 1.29 is 17.6 Å². The topological polar surface area (TPSA) is 12.0 Å². The van der Waals surface area contributed by atoms with Crippen LogP contribution in [0.15, 0.2) is 53.0 Å². The monoisotopic (exact) mass is 347 g/mol. The Kier molecular flexibility index (Phi) is 4.32. The van der Waals surface area contributed by atoms with Gasteiger partial charge in [0, 0.05) is 5.69 Å². The third-order valence-electron chi connectivity index (χ3n) is 2.69. The molecule has 1 unspecified atom stereocenters. The van der Waals surface area contributed by atoms with Crippen molar-refractivity contribution in [2.45, 2.75) is 12.2 Å². The number of hydrogen-bond donors (Lipinski definition) is 1. The second kappa shape index (κ2) is 5.83. The third-order valence-corrected chi connectivity index (χ3v) is 3.33. The summed E-state index contributed by atoms with van der Waals surface area (Å²) in [5.41, 5.74) is 0.139. The summed E-state index contributed by atoms with van der Waals surface area (Å²) >= 11 is 2.95. The van der Waals surface area contributed by atoms with Gasteiger partial charge in [-0.05, 0) is 39.7 Å². The number of hydrogen-bond acceptors (Lipinski definition) is 1. The summed E-state index contributed by atoms with van der Waals surface area (Å²) in [6.45, 7) is 0. The minimum Gasteiger partial charge on any atom is -0.370 e. The standard InChI is InChI=1S/C14H10BrF4N/c15-11-7-6-10(8-12(11)16)20-13(14(17,18)19)9-4-2-1-3-5-9/h1-8,13,20H. The summed E-state index contributed by atoms with van der Waals surface area (Å²) in [5.74, 6) is -0.621. The van der Waals surface area contributed by atoms with E-state index in [1.54, 1.807) is 6.07 Å². The minimum atomic E-state index is -4.48. The number of alkyl halides is 3. The molecule has 6 heteroatoms. The number of rotatable bonds is 3. The molecule has 2 aromatic carbocycles. The highest BCUT2D eigenvalue weighted by Crippen LogP contribution is 2.36. The second-order valence-corrected chi connectivity index (χ2v) is 5.01. The first-order chi connectivity index (χ1) is 9.38. The van der Waals surface area contributed by atoms with Gasteiger partial charge in [0.05, 0.1) is 4.47 Å². The van der Waals surface area contributed by atoms with Gasteiger partial charge in [0.15, 0.2) is 0 Å². The number of anilines is 1. The summed E-state index contributed by atoms with van der Waals surface area (Å²) in [5, 5.41) is 2.32. The fourth-order valence-electron chi connectivity index (χ4n) is 1.75. The predicted molar refractivity (Wildman–Crippen MR) is 73.0 cm³/mol. The van der Waals surface area contributed by atoms with Gasteiger partial charge in [0.25, 0.3) is 0 Å². The van der Waals surface area contributed by atoms with Crippen LogP contribution in [0.3, 0.4) is 0 Å². The molecule has 20 heavy (non-hydrogen) atoms. The van der Waals surface area contributed by atoms with Gasteiger partial charge >= 0.3 is 6.18 Å². The summed E-state index contributed by atoms with van der Waals surface area (Å²) in [4.78, 5) is 0. The van der Waals surface area contributed by atoms with Crippen molar-refractivity contribution in [3.05, 3.63) is 64.4 Å².